The van der Waals surface area contributed by atoms with Crippen LogP contribution in [0.1, 0.15) is 27.8 Å². The molecule has 0 saturated heterocycles. The fraction of sp³-hybridized carbons (Fsp3) is 0.111. The highest BCUT2D eigenvalue weighted by molar-refractivity contribution is 6.36. The van der Waals surface area contributed by atoms with E-state index in [2.05, 4.69) is 156 Å². The predicted octanol–water partition coefficient (Wildman–Crippen LogP) is 11.6. The number of hydrogen-bond donors (Lipinski definition) is 0. The molecule has 8 aromatic carbocycles. The third-order valence-corrected chi connectivity index (χ3v) is 10.0. The Kier molecular flexibility index (Phi) is 6.62. The molecule has 46 heavy (non-hydrogen) atoms. The molecule has 8 rings (SSSR count). The van der Waals surface area contributed by atoms with E-state index in [1.807, 2.05) is 0 Å². The first-order valence-electron chi connectivity index (χ1n) is 16.1. The molecule has 8 aromatic rings. The van der Waals surface area contributed by atoms with E-state index in [-0.39, 0.29) is 0 Å². The third kappa shape index (κ3) is 4.45. The van der Waals surface area contributed by atoms with Crippen LogP contribution in [0.2, 0.25) is 0 Å². The zero-order valence-corrected chi connectivity index (χ0v) is 27.1. The number of rotatable bonds is 3. The predicted molar refractivity (Wildman–Crippen MR) is 202 cm³/mol. The summed E-state index contributed by atoms with van der Waals surface area (Å²) < 4.78 is 0. The zero-order valence-electron chi connectivity index (χ0n) is 27.1. The van der Waals surface area contributed by atoms with Crippen molar-refractivity contribution in [2.24, 2.45) is 0 Å². The fourth-order valence-electron chi connectivity index (χ4n) is 7.47. The third-order valence-electron chi connectivity index (χ3n) is 10.0. The van der Waals surface area contributed by atoms with Crippen molar-refractivity contribution >= 4 is 56.4 Å². The Balaban J connectivity index is 1.51. The number of aryl methyl sites for hydroxylation is 5. The molecule has 0 amide bonds. The van der Waals surface area contributed by atoms with Gasteiger partial charge in [0.15, 0.2) is 0 Å². The van der Waals surface area contributed by atoms with Gasteiger partial charge in [-0.2, -0.15) is 0 Å². The summed E-state index contributed by atoms with van der Waals surface area (Å²) in [4.78, 5) is 0. The van der Waals surface area contributed by atoms with Gasteiger partial charge in [0, 0.05) is 0 Å². The van der Waals surface area contributed by atoms with Crippen LogP contribution in [0.15, 0.2) is 121 Å². The highest BCUT2D eigenvalue weighted by atomic mass is 14.2. The molecule has 0 heterocycles. The van der Waals surface area contributed by atoms with Crippen molar-refractivity contribution in [3.63, 3.8) is 0 Å². The van der Waals surface area contributed by atoms with Gasteiger partial charge in [-0.3, -0.25) is 0 Å². The molecule has 218 valence electrons. The van der Waals surface area contributed by atoms with Crippen molar-refractivity contribution in [3.8, 4) is 33.4 Å². The number of hydrogen-bond acceptors (Lipinski definition) is 0. The Hall–Kier alpha value is -5.14. The molecule has 0 spiro atoms. The average molecular weight is 587 g/mol. The van der Waals surface area contributed by atoms with E-state index < -0.39 is 0 Å². The van der Waals surface area contributed by atoms with E-state index in [0.29, 0.717) is 0 Å². The first-order valence-corrected chi connectivity index (χ1v) is 16.1. The molecule has 0 aliphatic heterocycles. The molecular formula is C45H35B. The lowest BCUT2D eigenvalue weighted by Gasteiger charge is -2.22. The van der Waals surface area contributed by atoms with Gasteiger partial charge in [0.25, 0.3) is 0 Å². The van der Waals surface area contributed by atoms with Gasteiger partial charge in [-0.15, -0.1) is 0 Å². The summed E-state index contributed by atoms with van der Waals surface area (Å²) in [6.45, 7) is 11.0. The maximum atomic E-state index is 6.70. The van der Waals surface area contributed by atoms with Crippen LogP contribution in [0.3, 0.4) is 0 Å². The molecule has 0 atom stereocenters. The molecule has 0 saturated carbocycles. The van der Waals surface area contributed by atoms with Crippen molar-refractivity contribution < 1.29 is 0 Å². The molecule has 0 aromatic heterocycles. The maximum Gasteiger partial charge on any atom is 0.114 e. The molecule has 0 unspecified atom stereocenters. The highest BCUT2D eigenvalue weighted by Gasteiger charge is 2.21. The van der Waals surface area contributed by atoms with E-state index in [9.17, 15) is 0 Å². The summed E-state index contributed by atoms with van der Waals surface area (Å²) in [7, 11) is 6.70. The molecule has 1 heteroatoms. The van der Waals surface area contributed by atoms with Crippen LogP contribution in [0.4, 0.5) is 0 Å². The van der Waals surface area contributed by atoms with Crippen LogP contribution < -0.4 is 5.46 Å². The topological polar surface area (TPSA) is 0 Å². The molecule has 0 nitrogen and oxygen atoms in total. The largest absolute Gasteiger partial charge is 0.114 e. The normalized spacial score (nSPS) is 11.7. The Morgan fingerprint density at radius 1 is 0.370 bits per heavy atom. The van der Waals surface area contributed by atoms with E-state index in [1.165, 1.54) is 98.7 Å². The van der Waals surface area contributed by atoms with Gasteiger partial charge in [-0.1, -0.05) is 132 Å². The van der Waals surface area contributed by atoms with Crippen molar-refractivity contribution in [1.82, 2.24) is 0 Å². The second-order valence-electron chi connectivity index (χ2n) is 13.1. The van der Waals surface area contributed by atoms with Crippen LogP contribution in [0.25, 0.3) is 76.5 Å². The average Bonchev–Trinajstić information content (AvgIpc) is 3.05. The zero-order chi connectivity index (χ0) is 31.7. The molecular weight excluding hydrogens is 551 g/mol. The Morgan fingerprint density at radius 3 is 1.65 bits per heavy atom. The van der Waals surface area contributed by atoms with Gasteiger partial charge >= 0.3 is 0 Å². The minimum Gasteiger partial charge on any atom is -0.0932 e. The van der Waals surface area contributed by atoms with Crippen molar-refractivity contribution in [2.75, 3.05) is 0 Å². The minimum atomic E-state index is 0.823. The number of fused-ring (bicyclic) bond motifs is 4. The van der Waals surface area contributed by atoms with Crippen molar-refractivity contribution in [3.05, 3.63) is 149 Å². The summed E-state index contributed by atoms with van der Waals surface area (Å²) >= 11 is 0. The molecule has 0 N–H and O–H groups in total. The summed E-state index contributed by atoms with van der Waals surface area (Å²) in [5.74, 6) is 0. The van der Waals surface area contributed by atoms with Crippen LogP contribution >= 0.6 is 0 Å². The standard InChI is InChI=1S/C45H35B/c1-26-16-19-34(29(4)20-26)44-39-21-27(2)28(3)22-40(39)45(41-23-30(5)43(46)25-42(41)44)38-15-9-13-36-35(12-8-14-37(36)38)33-18-17-31-10-6-7-11-32(31)24-33/h6-25H,1-5H3. The molecule has 0 aliphatic rings. The maximum absolute atomic E-state index is 6.70. The van der Waals surface area contributed by atoms with Gasteiger partial charge in [-0.05, 0) is 134 Å². The smallest absolute Gasteiger partial charge is 0.0932 e. The van der Waals surface area contributed by atoms with Gasteiger partial charge < -0.3 is 0 Å². The minimum absolute atomic E-state index is 0.823. The molecule has 0 bridgehead atoms. The Morgan fingerprint density at radius 2 is 0.957 bits per heavy atom. The first-order chi connectivity index (χ1) is 22.3. The summed E-state index contributed by atoms with van der Waals surface area (Å²) in [6.07, 6.45) is 0. The highest BCUT2D eigenvalue weighted by Crippen LogP contribution is 2.47. The molecule has 2 radical (unpaired) electrons. The first kappa shape index (κ1) is 28.3. The molecule has 0 fully saturated rings. The lowest BCUT2D eigenvalue weighted by atomic mass is 9.79. The van der Waals surface area contributed by atoms with Crippen LogP contribution in [0.5, 0.6) is 0 Å². The van der Waals surface area contributed by atoms with Crippen molar-refractivity contribution in [1.29, 1.82) is 0 Å². The Labute approximate surface area is 272 Å². The SMILES string of the molecule is [B]c1cc2c(-c3ccc(C)cc3C)c3cc(C)c(C)cc3c(-c3cccc4c(-c5ccc6ccccc6c5)cccc34)c2cc1C. The van der Waals surface area contributed by atoms with E-state index >= 15 is 0 Å². The Bertz CT molecular complexity index is 2460. The van der Waals surface area contributed by atoms with Crippen molar-refractivity contribution in [2.45, 2.75) is 34.6 Å². The monoisotopic (exact) mass is 586 g/mol. The quantitative estimate of drug-likeness (QED) is 0.143. The lowest BCUT2D eigenvalue weighted by molar-refractivity contribution is 1.36. The van der Waals surface area contributed by atoms with E-state index in [0.717, 1.165) is 11.0 Å². The van der Waals surface area contributed by atoms with Crippen LogP contribution in [-0.4, -0.2) is 7.85 Å². The molecule has 0 aliphatic carbocycles. The second kappa shape index (κ2) is 10.7. The number of benzene rings is 8. The second-order valence-corrected chi connectivity index (χ2v) is 13.1. The van der Waals surface area contributed by atoms with E-state index in [1.54, 1.807) is 0 Å². The summed E-state index contributed by atoms with van der Waals surface area (Å²) in [5.41, 5.74) is 14.6. The summed E-state index contributed by atoms with van der Waals surface area (Å²) in [6, 6.07) is 45.1. The van der Waals surface area contributed by atoms with Gasteiger partial charge in [0.05, 0.1) is 0 Å². The van der Waals surface area contributed by atoms with Gasteiger partial charge in [0.1, 0.15) is 7.85 Å². The van der Waals surface area contributed by atoms with Gasteiger partial charge in [-0.25, -0.2) is 0 Å². The fourth-order valence-corrected chi connectivity index (χ4v) is 7.47. The van der Waals surface area contributed by atoms with Crippen LogP contribution in [0, 0.1) is 34.6 Å². The lowest BCUT2D eigenvalue weighted by Crippen LogP contribution is -2.07. The van der Waals surface area contributed by atoms with Crippen LogP contribution in [-0.2, 0) is 0 Å². The van der Waals surface area contributed by atoms with Gasteiger partial charge in [0.2, 0.25) is 0 Å². The summed E-state index contributed by atoms with van der Waals surface area (Å²) in [5, 5.41) is 10.0. The van der Waals surface area contributed by atoms with E-state index in [4.69, 9.17) is 7.85 Å².